The molecular formula is C38H44O11. The Balaban J connectivity index is 1.14. The van der Waals surface area contributed by atoms with Crippen molar-refractivity contribution < 1.29 is 52.3 Å². The average Bonchev–Trinajstić information content (AvgIpc) is 3.09. The molecule has 4 rings (SSSR count). The molecule has 49 heavy (non-hydrogen) atoms. The molecule has 0 aliphatic carbocycles. The van der Waals surface area contributed by atoms with Gasteiger partial charge in [-0.25, -0.2) is 14.4 Å². The van der Waals surface area contributed by atoms with Crippen LogP contribution >= 0.6 is 0 Å². The van der Waals surface area contributed by atoms with Gasteiger partial charge in [0, 0.05) is 12.0 Å². The molecule has 0 amide bonds. The molecule has 1 fully saturated rings. The first-order valence-electron chi connectivity index (χ1n) is 16.4. The Bertz CT molecular complexity index is 1540. The van der Waals surface area contributed by atoms with E-state index >= 15 is 0 Å². The van der Waals surface area contributed by atoms with Crippen molar-refractivity contribution in [2.45, 2.75) is 47.0 Å². The van der Waals surface area contributed by atoms with Gasteiger partial charge in [-0.05, 0) is 106 Å². The molecule has 1 aliphatic rings. The van der Waals surface area contributed by atoms with Crippen LogP contribution < -0.4 is 14.2 Å². The summed E-state index contributed by atoms with van der Waals surface area (Å²) in [6.45, 7) is 10.9. The highest BCUT2D eigenvalue weighted by Crippen LogP contribution is 2.26. The summed E-state index contributed by atoms with van der Waals surface area (Å²) >= 11 is 0. The standard InChI is InChI=1S/C38H44O11/c1-5-37(2,3)36(42)47-23-22-46-33(39)27-10-16-31(17-11-27)48-35(41)29-12-18-32(19-13-29)49-34(40)28-8-14-30(15-9-28)45-21-7-6-20-43-24-38(4)25-44-26-38/h8-19H,5-7,20-26H2,1-4H3. The van der Waals surface area contributed by atoms with Gasteiger partial charge in [-0.1, -0.05) is 13.8 Å². The fourth-order valence-corrected chi connectivity index (χ4v) is 4.38. The van der Waals surface area contributed by atoms with Crippen molar-refractivity contribution in [2.24, 2.45) is 10.8 Å². The summed E-state index contributed by atoms with van der Waals surface area (Å²) in [5.41, 5.74) is 0.389. The molecule has 0 atom stereocenters. The van der Waals surface area contributed by atoms with Crippen molar-refractivity contribution in [3.63, 3.8) is 0 Å². The van der Waals surface area contributed by atoms with Gasteiger partial charge >= 0.3 is 23.9 Å². The van der Waals surface area contributed by atoms with E-state index in [1.54, 1.807) is 38.1 Å². The molecule has 0 aromatic heterocycles. The molecule has 11 nitrogen and oxygen atoms in total. The maximum Gasteiger partial charge on any atom is 0.343 e. The first-order chi connectivity index (χ1) is 23.5. The predicted octanol–water partition coefficient (Wildman–Crippen LogP) is 6.47. The van der Waals surface area contributed by atoms with E-state index in [0.29, 0.717) is 37.6 Å². The first-order valence-corrected chi connectivity index (χ1v) is 16.4. The molecule has 1 saturated heterocycles. The minimum Gasteiger partial charge on any atom is -0.494 e. The second kappa shape index (κ2) is 17.6. The number of benzene rings is 3. The average molecular weight is 677 g/mol. The second-order valence-electron chi connectivity index (χ2n) is 12.8. The van der Waals surface area contributed by atoms with Gasteiger partial charge in [0.25, 0.3) is 0 Å². The van der Waals surface area contributed by atoms with E-state index in [9.17, 15) is 19.2 Å². The smallest absolute Gasteiger partial charge is 0.343 e. The normalized spacial score (nSPS) is 13.5. The van der Waals surface area contributed by atoms with Gasteiger partial charge in [0.15, 0.2) is 0 Å². The first kappa shape index (κ1) is 37.1. The Kier molecular flexibility index (Phi) is 13.3. The number of esters is 4. The highest BCUT2D eigenvalue weighted by molar-refractivity contribution is 5.93. The number of rotatable bonds is 18. The van der Waals surface area contributed by atoms with Gasteiger partial charge < -0.3 is 33.2 Å². The number of carbonyl (C=O) groups is 4. The summed E-state index contributed by atoms with van der Waals surface area (Å²) in [6, 6.07) is 18.5. The Morgan fingerprint density at radius 3 is 1.61 bits per heavy atom. The zero-order valence-electron chi connectivity index (χ0n) is 28.5. The Labute approximate surface area is 286 Å². The lowest BCUT2D eigenvalue weighted by atomic mass is 9.90. The van der Waals surface area contributed by atoms with Crippen molar-refractivity contribution >= 4 is 23.9 Å². The molecule has 0 saturated carbocycles. The number of carbonyl (C=O) groups excluding carboxylic acids is 4. The van der Waals surface area contributed by atoms with E-state index in [1.165, 1.54) is 48.5 Å². The minimum absolute atomic E-state index is 0.0429. The molecule has 262 valence electrons. The molecule has 1 aliphatic heterocycles. The van der Waals surface area contributed by atoms with Crippen LogP contribution in [0, 0.1) is 10.8 Å². The number of ether oxygens (including phenoxy) is 7. The zero-order chi connectivity index (χ0) is 35.3. The highest BCUT2D eigenvalue weighted by Gasteiger charge is 2.33. The van der Waals surface area contributed by atoms with E-state index in [2.05, 4.69) is 6.92 Å². The summed E-state index contributed by atoms with van der Waals surface area (Å²) < 4.78 is 37.9. The van der Waals surface area contributed by atoms with Gasteiger partial charge in [-0.3, -0.25) is 4.79 Å². The Morgan fingerprint density at radius 2 is 1.12 bits per heavy atom. The van der Waals surface area contributed by atoms with Crippen LogP contribution in [0.15, 0.2) is 72.8 Å². The topological polar surface area (TPSA) is 133 Å². The largest absolute Gasteiger partial charge is 0.494 e. The van der Waals surface area contributed by atoms with Crippen LogP contribution in [0.5, 0.6) is 17.2 Å². The van der Waals surface area contributed by atoms with Crippen LogP contribution in [0.25, 0.3) is 0 Å². The highest BCUT2D eigenvalue weighted by atomic mass is 16.6. The number of hydrogen-bond acceptors (Lipinski definition) is 11. The third-order valence-corrected chi connectivity index (χ3v) is 7.98. The van der Waals surface area contributed by atoms with Gasteiger partial charge in [-0.15, -0.1) is 0 Å². The van der Waals surface area contributed by atoms with Gasteiger partial charge in [-0.2, -0.15) is 0 Å². The van der Waals surface area contributed by atoms with Gasteiger partial charge in [0.2, 0.25) is 0 Å². The quantitative estimate of drug-likeness (QED) is 0.0834. The van der Waals surface area contributed by atoms with Crippen LogP contribution in [0.4, 0.5) is 0 Å². The van der Waals surface area contributed by atoms with E-state index in [4.69, 9.17) is 33.2 Å². The van der Waals surface area contributed by atoms with Crippen molar-refractivity contribution in [3.8, 4) is 17.2 Å². The number of unbranched alkanes of at least 4 members (excludes halogenated alkanes) is 1. The number of hydrogen-bond donors (Lipinski definition) is 0. The molecule has 0 spiro atoms. The molecule has 0 radical (unpaired) electrons. The van der Waals surface area contributed by atoms with Crippen LogP contribution in [-0.4, -0.2) is 70.1 Å². The summed E-state index contributed by atoms with van der Waals surface area (Å²) in [5.74, 6) is -1.00. The van der Waals surface area contributed by atoms with Crippen molar-refractivity contribution in [3.05, 3.63) is 89.5 Å². The monoisotopic (exact) mass is 676 g/mol. The molecule has 0 unspecified atom stereocenters. The van der Waals surface area contributed by atoms with Crippen LogP contribution in [0.3, 0.4) is 0 Å². The Morgan fingerprint density at radius 1 is 0.653 bits per heavy atom. The molecule has 11 heteroatoms. The van der Waals surface area contributed by atoms with Crippen LogP contribution in [0.2, 0.25) is 0 Å². The molecule has 1 heterocycles. The molecule has 0 N–H and O–H groups in total. The second-order valence-corrected chi connectivity index (χ2v) is 12.8. The van der Waals surface area contributed by atoms with Gasteiger partial charge in [0.05, 0.1) is 48.5 Å². The molecule has 3 aromatic carbocycles. The molecular weight excluding hydrogens is 632 g/mol. The minimum atomic E-state index is -0.633. The summed E-state index contributed by atoms with van der Waals surface area (Å²) in [7, 11) is 0. The van der Waals surface area contributed by atoms with E-state index in [0.717, 1.165) is 26.1 Å². The maximum absolute atomic E-state index is 12.6. The van der Waals surface area contributed by atoms with Crippen LogP contribution in [0.1, 0.15) is 78.0 Å². The maximum atomic E-state index is 12.6. The van der Waals surface area contributed by atoms with E-state index in [-0.39, 0.29) is 47.2 Å². The molecule has 0 bridgehead atoms. The SMILES string of the molecule is CCC(C)(C)C(=O)OCCOC(=O)c1ccc(OC(=O)c2ccc(OC(=O)c3ccc(OCCCCOCC4(C)COC4)cc3)cc2)cc1. The van der Waals surface area contributed by atoms with E-state index < -0.39 is 23.3 Å². The van der Waals surface area contributed by atoms with Crippen LogP contribution in [-0.2, 0) is 23.7 Å². The van der Waals surface area contributed by atoms with Gasteiger partial charge in [0.1, 0.15) is 30.5 Å². The fourth-order valence-electron chi connectivity index (χ4n) is 4.38. The summed E-state index contributed by atoms with van der Waals surface area (Å²) in [5, 5.41) is 0. The van der Waals surface area contributed by atoms with Crippen molar-refractivity contribution in [2.75, 3.05) is 46.2 Å². The fraction of sp³-hybridized carbons (Fsp3) is 0.421. The zero-order valence-corrected chi connectivity index (χ0v) is 28.5. The summed E-state index contributed by atoms with van der Waals surface area (Å²) in [6.07, 6.45) is 2.37. The third kappa shape index (κ3) is 11.4. The third-order valence-electron chi connectivity index (χ3n) is 7.98. The predicted molar refractivity (Wildman–Crippen MR) is 179 cm³/mol. The summed E-state index contributed by atoms with van der Waals surface area (Å²) in [4.78, 5) is 49.6. The lowest BCUT2D eigenvalue weighted by Crippen LogP contribution is -2.43. The van der Waals surface area contributed by atoms with E-state index in [1.807, 2.05) is 6.92 Å². The van der Waals surface area contributed by atoms with Crippen molar-refractivity contribution in [1.82, 2.24) is 0 Å². The van der Waals surface area contributed by atoms with Crippen molar-refractivity contribution in [1.29, 1.82) is 0 Å². The lowest BCUT2D eigenvalue weighted by molar-refractivity contribution is -0.155. The Hall–Kier alpha value is -4.74. The molecule has 3 aromatic rings. The lowest BCUT2D eigenvalue weighted by Gasteiger charge is -2.37.